The molecule has 0 fully saturated rings. The van der Waals surface area contributed by atoms with E-state index < -0.39 is 17.1 Å². The standard InChI is InChI=1S/C11H15N3O4/c1-8(15)7-13(2)11(16)12-9-4-3-5-10(6-9)14(17)18/h3-6,8,15H,7H2,1-2H3,(H,12,16). The van der Waals surface area contributed by atoms with E-state index in [1.165, 1.54) is 30.1 Å². The number of nitrogens with zero attached hydrogens (tertiary/aromatic N) is 2. The molecule has 0 aliphatic rings. The molecule has 0 spiro atoms. The summed E-state index contributed by atoms with van der Waals surface area (Å²) in [6.07, 6.45) is -0.633. The molecule has 1 aromatic carbocycles. The van der Waals surface area contributed by atoms with Crippen molar-refractivity contribution in [2.24, 2.45) is 0 Å². The Balaban J connectivity index is 2.70. The number of nitrogens with one attached hydrogen (secondary N) is 1. The van der Waals surface area contributed by atoms with Crippen LogP contribution in [0.5, 0.6) is 0 Å². The van der Waals surface area contributed by atoms with Gasteiger partial charge in [0, 0.05) is 31.4 Å². The highest BCUT2D eigenvalue weighted by Crippen LogP contribution is 2.17. The number of rotatable bonds is 4. The number of hydrogen-bond acceptors (Lipinski definition) is 4. The molecular formula is C11H15N3O4. The van der Waals surface area contributed by atoms with Gasteiger partial charge in [0.1, 0.15) is 0 Å². The molecule has 7 heteroatoms. The van der Waals surface area contributed by atoms with E-state index >= 15 is 0 Å². The number of nitro benzene ring substituents is 1. The van der Waals surface area contributed by atoms with Crippen molar-refractivity contribution in [2.45, 2.75) is 13.0 Å². The van der Waals surface area contributed by atoms with Crippen molar-refractivity contribution in [2.75, 3.05) is 18.9 Å². The zero-order valence-electron chi connectivity index (χ0n) is 10.2. The van der Waals surface area contributed by atoms with Crippen LogP contribution in [0.3, 0.4) is 0 Å². The molecule has 0 aliphatic heterocycles. The van der Waals surface area contributed by atoms with E-state index in [2.05, 4.69) is 5.32 Å². The van der Waals surface area contributed by atoms with E-state index in [1.807, 2.05) is 0 Å². The third-order valence-electron chi connectivity index (χ3n) is 2.19. The molecule has 18 heavy (non-hydrogen) atoms. The summed E-state index contributed by atoms with van der Waals surface area (Å²) in [5.41, 5.74) is 0.248. The fourth-order valence-electron chi connectivity index (χ4n) is 1.40. The van der Waals surface area contributed by atoms with E-state index in [1.54, 1.807) is 13.0 Å². The summed E-state index contributed by atoms with van der Waals surface area (Å²) in [6.45, 7) is 1.75. The molecule has 0 radical (unpaired) electrons. The normalized spacial score (nSPS) is 11.7. The van der Waals surface area contributed by atoms with Gasteiger partial charge in [0.05, 0.1) is 11.0 Å². The molecule has 7 nitrogen and oxygen atoms in total. The predicted molar refractivity (Wildman–Crippen MR) is 66.4 cm³/mol. The van der Waals surface area contributed by atoms with Crippen molar-refractivity contribution in [3.8, 4) is 0 Å². The van der Waals surface area contributed by atoms with E-state index in [-0.39, 0.29) is 12.2 Å². The number of non-ortho nitro benzene ring substituents is 1. The smallest absolute Gasteiger partial charge is 0.321 e. The molecule has 2 amide bonds. The second-order valence-electron chi connectivity index (χ2n) is 3.97. The van der Waals surface area contributed by atoms with Crippen LogP contribution in [0.15, 0.2) is 24.3 Å². The number of aliphatic hydroxyl groups excluding tert-OH is 1. The summed E-state index contributed by atoms with van der Waals surface area (Å²) in [5, 5.41) is 22.2. The number of likely N-dealkylation sites (N-methyl/N-ethyl adjacent to an activating group) is 1. The van der Waals surface area contributed by atoms with Gasteiger partial charge in [0.15, 0.2) is 0 Å². The van der Waals surface area contributed by atoms with Gasteiger partial charge in [-0.15, -0.1) is 0 Å². The maximum Gasteiger partial charge on any atom is 0.321 e. The molecule has 0 aliphatic carbocycles. The monoisotopic (exact) mass is 253 g/mol. The van der Waals surface area contributed by atoms with Gasteiger partial charge in [-0.1, -0.05) is 6.07 Å². The summed E-state index contributed by atoms with van der Waals surface area (Å²) < 4.78 is 0. The molecule has 1 unspecified atom stereocenters. The number of carbonyl (C=O) groups excluding carboxylic acids is 1. The van der Waals surface area contributed by atoms with Crippen molar-refractivity contribution in [1.29, 1.82) is 0 Å². The molecule has 0 aromatic heterocycles. The Morgan fingerprint density at radius 3 is 2.83 bits per heavy atom. The number of aliphatic hydroxyl groups is 1. The van der Waals surface area contributed by atoms with Crippen molar-refractivity contribution >= 4 is 17.4 Å². The molecule has 0 saturated carbocycles. The fraction of sp³-hybridized carbons (Fsp3) is 0.364. The third-order valence-corrected chi connectivity index (χ3v) is 2.19. The van der Waals surface area contributed by atoms with Gasteiger partial charge in [-0.2, -0.15) is 0 Å². The van der Waals surface area contributed by atoms with Gasteiger partial charge in [0.2, 0.25) is 0 Å². The Bertz CT molecular complexity index is 448. The van der Waals surface area contributed by atoms with Gasteiger partial charge in [0.25, 0.3) is 5.69 Å². The zero-order chi connectivity index (χ0) is 13.7. The largest absolute Gasteiger partial charge is 0.392 e. The Labute approximate surface area is 104 Å². The Kier molecular flexibility index (Phi) is 4.61. The average molecular weight is 253 g/mol. The number of anilines is 1. The van der Waals surface area contributed by atoms with Gasteiger partial charge in [-0.3, -0.25) is 10.1 Å². The van der Waals surface area contributed by atoms with Crippen LogP contribution in [0.2, 0.25) is 0 Å². The van der Waals surface area contributed by atoms with Crippen molar-refractivity contribution in [3.63, 3.8) is 0 Å². The predicted octanol–water partition coefficient (Wildman–Crippen LogP) is 1.44. The highest BCUT2D eigenvalue weighted by Gasteiger charge is 2.12. The average Bonchev–Trinajstić information content (AvgIpc) is 2.28. The summed E-state index contributed by atoms with van der Waals surface area (Å²) in [4.78, 5) is 23.0. The maximum absolute atomic E-state index is 11.7. The summed E-state index contributed by atoms with van der Waals surface area (Å²) in [5.74, 6) is 0. The number of hydrogen-bond donors (Lipinski definition) is 2. The fourth-order valence-corrected chi connectivity index (χ4v) is 1.40. The summed E-state index contributed by atoms with van der Waals surface area (Å²) in [6, 6.07) is 5.23. The lowest BCUT2D eigenvalue weighted by molar-refractivity contribution is -0.384. The first-order valence-corrected chi connectivity index (χ1v) is 5.35. The highest BCUT2D eigenvalue weighted by atomic mass is 16.6. The molecule has 0 saturated heterocycles. The number of carbonyl (C=O) groups is 1. The maximum atomic E-state index is 11.7. The van der Waals surface area contributed by atoms with Gasteiger partial charge < -0.3 is 15.3 Å². The molecule has 2 N–H and O–H groups in total. The van der Waals surface area contributed by atoms with E-state index in [0.717, 1.165) is 0 Å². The van der Waals surface area contributed by atoms with Crippen LogP contribution >= 0.6 is 0 Å². The molecule has 1 atom stereocenters. The number of benzene rings is 1. The van der Waals surface area contributed by atoms with Gasteiger partial charge >= 0.3 is 6.03 Å². The zero-order valence-corrected chi connectivity index (χ0v) is 10.2. The summed E-state index contributed by atoms with van der Waals surface area (Å²) in [7, 11) is 1.53. The lowest BCUT2D eigenvalue weighted by atomic mass is 10.3. The first kappa shape index (κ1) is 13.9. The Morgan fingerprint density at radius 1 is 1.61 bits per heavy atom. The SMILES string of the molecule is CC(O)CN(C)C(=O)Nc1cccc([N+](=O)[O-])c1. The molecule has 98 valence electrons. The van der Waals surface area contributed by atoms with Crippen LogP contribution in [-0.2, 0) is 0 Å². The van der Waals surface area contributed by atoms with E-state index in [9.17, 15) is 14.9 Å². The lowest BCUT2D eigenvalue weighted by Gasteiger charge is -2.19. The van der Waals surface area contributed by atoms with E-state index in [4.69, 9.17) is 5.11 Å². The number of amides is 2. The topological polar surface area (TPSA) is 95.7 Å². The Morgan fingerprint density at radius 2 is 2.28 bits per heavy atom. The lowest BCUT2D eigenvalue weighted by Crippen LogP contribution is -2.36. The molecular weight excluding hydrogens is 238 g/mol. The second kappa shape index (κ2) is 5.97. The first-order chi connectivity index (χ1) is 8.40. The third kappa shape index (κ3) is 4.02. The molecule has 0 bridgehead atoms. The van der Waals surface area contributed by atoms with Crippen LogP contribution in [0.25, 0.3) is 0 Å². The highest BCUT2D eigenvalue weighted by molar-refractivity contribution is 5.89. The van der Waals surface area contributed by atoms with Gasteiger partial charge in [-0.05, 0) is 13.0 Å². The quantitative estimate of drug-likeness (QED) is 0.626. The Hall–Kier alpha value is -2.15. The van der Waals surface area contributed by atoms with Crippen LogP contribution in [0, 0.1) is 10.1 Å². The van der Waals surface area contributed by atoms with Crippen molar-refractivity contribution < 1.29 is 14.8 Å². The first-order valence-electron chi connectivity index (χ1n) is 5.35. The minimum Gasteiger partial charge on any atom is -0.392 e. The van der Waals surface area contributed by atoms with Crippen LogP contribution in [0.1, 0.15) is 6.92 Å². The van der Waals surface area contributed by atoms with Crippen LogP contribution in [-0.4, -0.2) is 40.7 Å². The van der Waals surface area contributed by atoms with Gasteiger partial charge in [-0.25, -0.2) is 4.79 Å². The molecule has 1 rings (SSSR count). The van der Waals surface area contributed by atoms with Crippen LogP contribution < -0.4 is 5.32 Å². The number of urea groups is 1. The molecule has 0 heterocycles. The minimum absolute atomic E-state index is 0.0917. The van der Waals surface area contributed by atoms with E-state index in [0.29, 0.717) is 5.69 Å². The van der Waals surface area contributed by atoms with Crippen LogP contribution in [0.4, 0.5) is 16.2 Å². The summed E-state index contributed by atoms with van der Waals surface area (Å²) >= 11 is 0. The number of nitro groups is 1. The minimum atomic E-state index is -0.633. The molecule has 1 aromatic rings. The van der Waals surface area contributed by atoms with Crippen molar-refractivity contribution in [3.05, 3.63) is 34.4 Å². The second-order valence-corrected chi connectivity index (χ2v) is 3.97. The van der Waals surface area contributed by atoms with Crippen molar-refractivity contribution in [1.82, 2.24) is 4.90 Å².